The van der Waals surface area contributed by atoms with Gasteiger partial charge in [0.25, 0.3) is 0 Å². The molecule has 0 unspecified atom stereocenters. The zero-order valence-electron chi connectivity index (χ0n) is 12.8. The van der Waals surface area contributed by atoms with E-state index in [-0.39, 0.29) is 40.1 Å². The zero-order valence-corrected chi connectivity index (χ0v) is 15.6. The molecule has 0 saturated carbocycles. The van der Waals surface area contributed by atoms with Crippen LogP contribution in [-0.4, -0.2) is 10.2 Å². The number of nitrogens with one attached hydrogen (secondary N) is 1. The monoisotopic (exact) mass is 304 g/mol. The number of hydrogen-bond acceptors (Lipinski definition) is 1. The average molecular weight is 304 g/mol. The number of aromatic nitrogens is 2. The number of aromatic amines is 1. The van der Waals surface area contributed by atoms with E-state index in [1.165, 1.54) is 0 Å². The third-order valence-electron chi connectivity index (χ3n) is 0.406. The second-order valence-electron chi connectivity index (χ2n) is 3.77. The quantitative estimate of drug-likeness (QED) is 0.674. The molecule has 0 atom stereocenters. The van der Waals surface area contributed by atoms with Crippen LogP contribution in [0.2, 0.25) is 0 Å². The summed E-state index contributed by atoms with van der Waals surface area (Å²) in [6.07, 6.45) is 3.46. The van der Waals surface area contributed by atoms with E-state index in [0.29, 0.717) is 5.41 Å². The Labute approximate surface area is 129 Å². The van der Waals surface area contributed by atoms with Crippen molar-refractivity contribution in [3.63, 3.8) is 0 Å². The van der Waals surface area contributed by atoms with E-state index in [1.807, 2.05) is 33.8 Å². The number of H-pyrrole nitrogens is 1. The first kappa shape index (κ1) is 29.9. The molecule has 0 aliphatic carbocycles. The fourth-order valence-corrected chi connectivity index (χ4v) is 0.215. The normalized spacial score (nSPS) is 7.00. The molecule has 16 heavy (non-hydrogen) atoms. The van der Waals surface area contributed by atoms with Crippen LogP contribution in [0.25, 0.3) is 0 Å². The summed E-state index contributed by atoms with van der Waals surface area (Å²) >= 11 is 0. The zero-order chi connectivity index (χ0) is 12.0. The van der Waals surface area contributed by atoms with E-state index in [0.717, 1.165) is 0 Å². The van der Waals surface area contributed by atoms with Crippen LogP contribution >= 0.6 is 0 Å². The van der Waals surface area contributed by atoms with Crippen LogP contribution in [-0.2, 0) is 32.7 Å². The number of nitrogens with zero attached hydrogens (tertiary/aromatic N) is 1. The van der Waals surface area contributed by atoms with Gasteiger partial charge in [-0.2, -0.15) is 5.10 Å². The molecule has 1 radical (unpaired) electrons. The molecule has 0 saturated heterocycles. The van der Waals surface area contributed by atoms with Crippen LogP contribution in [0.15, 0.2) is 18.5 Å². The molecule has 0 spiro atoms. The summed E-state index contributed by atoms with van der Waals surface area (Å²) in [4.78, 5) is 0. The van der Waals surface area contributed by atoms with Gasteiger partial charge in [0.15, 0.2) is 0 Å². The molecule has 97 valence electrons. The van der Waals surface area contributed by atoms with Crippen LogP contribution in [0.3, 0.4) is 0 Å². The SMILES string of the molecule is CC.CC.CC(C)(C)C.[CH3-].[Y].c1cn[nH]c1. The number of rotatable bonds is 0. The summed E-state index contributed by atoms with van der Waals surface area (Å²) in [6.45, 7) is 16.8. The van der Waals surface area contributed by atoms with Crippen molar-refractivity contribution < 1.29 is 32.7 Å². The van der Waals surface area contributed by atoms with E-state index in [1.54, 1.807) is 12.4 Å². The first-order chi connectivity index (χ1) is 6.50. The summed E-state index contributed by atoms with van der Waals surface area (Å²) in [5.74, 6) is 0. The Hall–Kier alpha value is 0.314. The Bertz CT molecular complexity index is 120. The molecule has 3 heteroatoms. The summed E-state index contributed by atoms with van der Waals surface area (Å²) in [5, 5.41) is 6.21. The maximum atomic E-state index is 3.60. The van der Waals surface area contributed by atoms with Crippen molar-refractivity contribution in [2.45, 2.75) is 55.4 Å². The van der Waals surface area contributed by atoms with Gasteiger partial charge < -0.3 is 7.43 Å². The Balaban J connectivity index is -0.0000000352. The van der Waals surface area contributed by atoms with Gasteiger partial charge in [-0.15, -0.1) is 0 Å². The van der Waals surface area contributed by atoms with Crippen molar-refractivity contribution >= 4 is 0 Å². The van der Waals surface area contributed by atoms with Crippen LogP contribution in [0.4, 0.5) is 0 Å². The minimum absolute atomic E-state index is 0. The van der Waals surface area contributed by atoms with Crippen molar-refractivity contribution in [2.24, 2.45) is 5.41 Å². The Kier molecular flexibility index (Phi) is 45.8. The molecule has 0 bridgehead atoms. The summed E-state index contributed by atoms with van der Waals surface area (Å²) in [5.41, 5.74) is 0.500. The van der Waals surface area contributed by atoms with E-state index in [2.05, 4.69) is 37.9 Å². The Morgan fingerprint density at radius 2 is 1.25 bits per heavy atom. The van der Waals surface area contributed by atoms with Crippen LogP contribution in [0, 0.1) is 12.8 Å². The van der Waals surface area contributed by atoms with Gasteiger partial charge in [-0.1, -0.05) is 55.4 Å². The summed E-state index contributed by atoms with van der Waals surface area (Å²) in [7, 11) is 0. The molecule has 0 aliphatic heterocycles. The minimum Gasteiger partial charge on any atom is -0.358 e. The first-order valence-corrected chi connectivity index (χ1v) is 5.44. The van der Waals surface area contributed by atoms with E-state index >= 15 is 0 Å². The minimum atomic E-state index is 0. The maximum absolute atomic E-state index is 3.60. The molecule has 1 rings (SSSR count). The van der Waals surface area contributed by atoms with Gasteiger partial charge >= 0.3 is 0 Å². The van der Waals surface area contributed by atoms with Gasteiger partial charge in [-0.05, 0) is 11.5 Å². The Morgan fingerprint density at radius 1 is 0.938 bits per heavy atom. The summed E-state index contributed by atoms with van der Waals surface area (Å²) in [6, 6.07) is 1.83. The molecular formula is C13H31N2Y-. The molecule has 0 fully saturated rings. The average Bonchev–Trinajstić information content (AvgIpc) is 2.64. The molecule has 1 heterocycles. The van der Waals surface area contributed by atoms with Crippen molar-refractivity contribution in [3.05, 3.63) is 25.9 Å². The second kappa shape index (κ2) is 24.5. The van der Waals surface area contributed by atoms with E-state index < -0.39 is 0 Å². The third kappa shape index (κ3) is 89.9. The number of hydrogen-bond donors (Lipinski definition) is 1. The third-order valence-corrected chi connectivity index (χ3v) is 0.406. The molecule has 1 aromatic heterocycles. The molecule has 0 amide bonds. The predicted octanol–water partition coefficient (Wildman–Crippen LogP) is 4.96. The molecule has 0 aromatic carbocycles. The van der Waals surface area contributed by atoms with Crippen LogP contribution in [0.5, 0.6) is 0 Å². The Morgan fingerprint density at radius 3 is 1.31 bits per heavy atom. The molecule has 1 N–H and O–H groups in total. The standard InChI is InChI=1S/C5H12.C3H4N2.2C2H6.CH3.Y/c1-5(2,3)4;1-2-4-5-3-1;2*1-2;;/h1-4H3;1-3H,(H,4,5);2*1-2H3;1H3;/q;;;;-1;. The predicted molar refractivity (Wildman–Crippen MR) is 72.8 cm³/mol. The first-order valence-electron chi connectivity index (χ1n) is 5.44. The molecule has 0 aliphatic rings. The van der Waals surface area contributed by atoms with Gasteiger partial charge in [0.05, 0.1) is 0 Å². The van der Waals surface area contributed by atoms with Gasteiger partial charge in [-0.3, -0.25) is 5.10 Å². The van der Waals surface area contributed by atoms with Gasteiger partial charge in [-0.25, -0.2) is 0 Å². The van der Waals surface area contributed by atoms with Crippen molar-refractivity contribution in [3.8, 4) is 0 Å². The molecule has 1 aromatic rings. The van der Waals surface area contributed by atoms with E-state index in [9.17, 15) is 0 Å². The molecule has 2 nitrogen and oxygen atoms in total. The van der Waals surface area contributed by atoms with Crippen LogP contribution < -0.4 is 0 Å². The fourth-order valence-electron chi connectivity index (χ4n) is 0.215. The largest absolute Gasteiger partial charge is 0.358 e. The van der Waals surface area contributed by atoms with Crippen LogP contribution in [0.1, 0.15) is 55.4 Å². The van der Waals surface area contributed by atoms with Crippen molar-refractivity contribution in [2.75, 3.05) is 0 Å². The van der Waals surface area contributed by atoms with E-state index in [4.69, 9.17) is 0 Å². The second-order valence-corrected chi connectivity index (χ2v) is 3.77. The topological polar surface area (TPSA) is 28.7 Å². The smallest absolute Gasteiger partial charge is 0.0487 e. The summed E-state index contributed by atoms with van der Waals surface area (Å²) < 4.78 is 0. The molecular weight excluding hydrogens is 273 g/mol. The maximum Gasteiger partial charge on any atom is 0.0487 e. The fraction of sp³-hybridized carbons (Fsp3) is 0.692. The van der Waals surface area contributed by atoms with Crippen molar-refractivity contribution in [1.82, 2.24) is 10.2 Å². The van der Waals surface area contributed by atoms with Gasteiger partial charge in [0.2, 0.25) is 0 Å². The van der Waals surface area contributed by atoms with Gasteiger partial charge in [0.1, 0.15) is 0 Å². The van der Waals surface area contributed by atoms with Crippen molar-refractivity contribution in [1.29, 1.82) is 0 Å². The van der Waals surface area contributed by atoms with Gasteiger partial charge in [0, 0.05) is 45.1 Å².